The highest BCUT2D eigenvalue weighted by atomic mass is 16.5. The second-order valence-electron chi connectivity index (χ2n) is 4.25. The summed E-state index contributed by atoms with van der Waals surface area (Å²) in [5.41, 5.74) is -0.518. The van der Waals surface area contributed by atoms with Gasteiger partial charge in [-0.1, -0.05) is 6.92 Å². The number of aromatic carboxylic acids is 1. The van der Waals surface area contributed by atoms with E-state index >= 15 is 0 Å². The molecule has 0 aliphatic rings. The third-order valence-corrected chi connectivity index (χ3v) is 2.45. The molecule has 0 aromatic heterocycles. The fourth-order valence-electron chi connectivity index (χ4n) is 1.09. The Balaban J connectivity index is 2.61. The minimum Gasteiger partial charge on any atom is -0.493 e. The van der Waals surface area contributed by atoms with E-state index in [1.807, 2.05) is 0 Å². The molecule has 0 unspecified atom stereocenters. The molecule has 1 aromatic carbocycles. The molecule has 0 amide bonds. The standard InChI is InChI=1S/C12H16O5/c1-12(6-13,7-14)8-17-10-4-2-9(3-5-10)11(15)16/h2-5,13-14H,6-8H2,1H3,(H,15,16). The minimum absolute atomic E-state index is 0.159. The SMILES string of the molecule is CC(CO)(CO)COc1ccc(C(=O)O)cc1. The first kappa shape index (κ1) is 13.5. The summed E-state index contributed by atoms with van der Waals surface area (Å²) < 4.78 is 5.37. The summed E-state index contributed by atoms with van der Waals surface area (Å²) in [6.45, 7) is 1.48. The van der Waals surface area contributed by atoms with E-state index in [-0.39, 0.29) is 25.4 Å². The number of aliphatic hydroxyl groups excluding tert-OH is 2. The van der Waals surface area contributed by atoms with Crippen molar-refractivity contribution < 1.29 is 24.9 Å². The second kappa shape index (κ2) is 5.65. The average molecular weight is 240 g/mol. The zero-order valence-corrected chi connectivity index (χ0v) is 9.59. The van der Waals surface area contributed by atoms with Gasteiger partial charge in [0.05, 0.1) is 25.4 Å². The summed E-state index contributed by atoms with van der Waals surface area (Å²) >= 11 is 0. The molecule has 1 aromatic rings. The predicted octanol–water partition coefficient (Wildman–Crippen LogP) is 0.755. The van der Waals surface area contributed by atoms with Crippen molar-refractivity contribution in [1.82, 2.24) is 0 Å². The normalized spacial score (nSPS) is 11.2. The molecule has 5 nitrogen and oxygen atoms in total. The van der Waals surface area contributed by atoms with Gasteiger partial charge >= 0.3 is 5.97 Å². The van der Waals surface area contributed by atoms with Crippen LogP contribution in [0.1, 0.15) is 17.3 Å². The summed E-state index contributed by atoms with van der Waals surface area (Å²) in [6, 6.07) is 5.96. The first-order chi connectivity index (χ1) is 8.00. The van der Waals surface area contributed by atoms with Crippen LogP contribution in [0.3, 0.4) is 0 Å². The van der Waals surface area contributed by atoms with Crippen LogP contribution in [-0.2, 0) is 0 Å². The van der Waals surface area contributed by atoms with Crippen LogP contribution in [0.15, 0.2) is 24.3 Å². The molecular weight excluding hydrogens is 224 g/mol. The highest BCUT2D eigenvalue weighted by Crippen LogP contribution is 2.18. The van der Waals surface area contributed by atoms with Crippen molar-refractivity contribution in [3.63, 3.8) is 0 Å². The fourth-order valence-corrected chi connectivity index (χ4v) is 1.09. The van der Waals surface area contributed by atoms with E-state index in [4.69, 9.17) is 20.1 Å². The lowest BCUT2D eigenvalue weighted by Crippen LogP contribution is -2.32. The number of carbonyl (C=O) groups is 1. The molecule has 0 heterocycles. The largest absolute Gasteiger partial charge is 0.493 e. The molecule has 0 spiro atoms. The Morgan fingerprint density at radius 1 is 1.24 bits per heavy atom. The maximum Gasteiger partial charge on any atom is 0.335 e. The lowest BCUT2D eigenvalue weighted by molar-refractivity contribution is 0.0287. The van der Waals surface area contributed by atoms with Crippen LogP contribution >= 0.6 is 0 Å². The van der Waals surface area contributed by atoms with E-state index in [1.165, 1.54) is 12.1 Å². The predicted molar refractivity (Wildman–Crippen MR) is 61.2 cm³/mol. The van der Waals surface area contributed by atoms with Crippen molar-refractivity contribution in [3.05, 3.63) is 29.8 Å². The van der Waals surface area contributed by atoms with Crippen molar-refractivity contribution in [2.24, 2.45) is 5.41 Å². The summed E-state index contributed by atoms with van der Waals surface area (Å²) in [5.74, 6) is -0.491. The molecule has 0 atom stereocenters. The molecule has 3 N–H and O–H groups in total. The Morgan fingerprint density at radius 2 is 1.76 bits per heavy atom. The van der Waals surface area contributed by atoms with Gasteiger partial charge in [0.2, 0.25) is 0 Å². The molecule has 1 rings (SSSR count). The lowest BCUT2D eigenvalue weighted by Gasteiger charge is -2.24. The van der Waals surface area contributed by atoms with Crippen LogP contribution in [0.25, 0.3) is 0 Å². The van der Waals surface area contributed by atoms with E-state index in [0.717, 1.165) is 0 Å². The molecular formula is C12H16O5. The molecule has 0 fully saturated rings. The quantitative estimate of drug-likeness (QED) is 0.683. The molecule has 94 valence electrons. The molecule has 17 heavy (non-hydrogen) atoms. The number of carboxylic acids is 1. The van der Waals surface area contributed by atoms with Crippen LogP contribution in [-0.4, -0.2) is 41.1 Å². The van der Waals surface area contributed by atoms with E-state index < -0.39 is 11.4 Å². The molecule has 0 saturated heterocycles. The van der Waals surface area contributed by atoms with Crippen molar-refractivity contribution in [2.75, 3.05) is 19.8 Å². The Bertz CT molecular complexity index is 367. The smallest absolute Gasteiger partial charge is 0.335 e. The molecule has 0 bridgehead atoms. The van der Waals surface area contributed by atoms with Crippen LogP contribution in [0.5, 0.6) is 5.75 Å². The third-order valence-electron chi connectivity index (χ3n) is 2.45. The highest BCUT2D eigenvalue weighted by molar-refractivity contribution is 5.87. The maximum atomic E-state index is 10.6. The Morgan fingerprint density at radius 3 is 2.18 bits per heavy atom. The molecule has 0 radical (unpaired) electrons. The number of hydrogen-bond acceptors (Lipinski definition) is 4. The molecule has 0 aliphatic heterocycles. The van der Waals surface area contributed by atoms with Crippen molar-refractivity contribution in [2.45, 2.75) is 6.92 Å². The zero-order valence-electron chi connectivity index (χ0n) is 9.59. The topological polar surface area (TPSA) is 87.0 Å². The summed E-state index contributed by atoms with van der Waals surface area (Å²) in [6.07, 6.45) is 0. The van der Waals surface area contributed by atoms with E-state index in [1.54, 1.807) is 19.1 Å². The number of ether oxygens (including phenoxy) is 1. The number of aliphatic hydroxyl groups is 2. The van der Waals surface area contributed by atoms with Gasteiger partial charge in [0.1, 0.15) is 5.75 Å². The van der Waals surface area contributed by atoms with Crippen LogP contribution < -0.4 is 4.74 Å². The van der Waals surface area contributed by atoms with Gasteiger partial charge in [0, 0.05) is 5.41 Å². The average Bonchev–Trinajstić information content (AvgIpc) is 2.36. The maximum absolute atomic E-state index is 10.6. The summed E-state index contributed by atoms with van der Waals surface area (Å²) in [7, 11) is 0. The minimum atomic E-state index is -0.993. The van der Waals surface area contributed by atoms with Crippen LogP contribution in [0, 0.1) is 5.41 Å². The monoisotopic (exact) mass is 240 g/mol. The van der Waals surface area contributed by atoms with E-state index in [2.05, 4.69) is 0 Å². The molecule has 0 saturated carbocycles. The first-order valence-electron chi connectivity index (χ1n) is 5.19. The number of carboxylic acid groups (broad SMARTS) is 1. The van der Waals surface area contributed by atoms with Crippen LogP contribution in [0.2, 0.25) is 0 Å². The van der Waals surface area contributed by atoms with Gasteiger partial charge in [0.15, 0.2) is 0 Å². The summed E-state index contributed by atoms with van der Waals surface area (Å²) in [5, 5.41) is 26.8. The Kier molecular flexibility index (Phi) is 4.48. The molecule has 0 aliphatic carbocycles. The Labute approximate surface area is 99.3 Å². The Hall–Kier alpha value is -1.59. The van der Waals surface area contributed by atoms with E-state index in [0.29, 0.717) is 5.75 Å². The van der Waals surface area contributed by atoms with Crippen molar-refractivity contribution in [1.29, 1.82) is 0 Å². The van der Waals surface area contributed by atoms with Crippen LogP contribution in [0.4, 0.5) is 0 Å². The van der Waals surface area contributed by atoms with Crippen molar-refractivity contribution >= 4 is 5.97 Å². The van der Waals surface area contributed by atoms with Gasteiger partial charge in [-0.3, -0.25) is 0 Å². The van der Waals surface area contributed by atoms with Gasteiger partial charge in [-0.25, -0.2) is 4.79 Å². The first-order valence-corrected chi connectivity index (χ1v) is 5.19. The third kappa shape index (κ3) is 3.72. The fraction of sp³-hybridized carbons (Fsp3) is 0.417. The van der Waals surface area contributed by atoms with Crippen molar-refractivity contribution in [3.8, 4) is 5.75 Å². The number of benzene rings is 1. The second-order valence-corrected chi connectivity index (χ2v) is 4.25. The van der Waals surface area contributed by atoms with Gasteiger partial charge < -0.3 is 20.1 Å². The van der Waals surface area contributed by atoms with Gasteiger partial charge in [-0.15, -0.1) is 0 Å². The number of hydrogen-bond donors (Lipinski definition) is 3. The van der Waals surface area contributed by atoms with Gasteiger partial charge in [0.25, 0.3) is 0 Å². The highest BCUT2D eigenvalue weighted by Gasteiger charge is 2.23. The summed E-state index contributed by atoms with van der Waals surface area (Å²) in [4.78, 5) is 10.6. The van der Waals surface area contributed by atoms with E-state index in [9.17, 15) is 4.79 Å². The lowest BCUT2D eigenvalue weighted by atomic mass is 9.94. The van der Waals surface area contributed by atoms with Gasteiger partial charge in [-0.05, 0) is 24.3 Å². The molecule has 5 heteroatoms. The zero-order chi connectivity index (χ0) is 12.9. The van der Waals surface area contributed by atoms with Gasteiger partial charge in [-0.2, -0.15) is 0 Å². The number of rotatable bonds is 6.